The van der Waals surface area contributed by atoms with Gasteiger partial charge >= 0.3 is 0 Å². The van der Waals surface area contributed by atoms with Gasteiger partial charge in [0, 0.05) is 18.3 Å². The summed E-state index contributed by atoms with van der Waals surface area (Å²) in [6.45, 7) is 5.22. The molecule has 3 N–H and O–H groups in total. The first kappa shape index (κ1) is 13.4. The van der Waals surface area contributed by atoms with Crippen molar-refractivity contribution in [3.05, 3.63) is 29.8 Å². The molecule has 1 aliphatic rings. The molecule has 1 aromatic rings. The van der Waals surface area contributed by atoms with Crippen molar-refractivity contribution in [2.24, 2.45) is 17.6 Å². The monoisotopic (exact) mass is 246 g/mol. The van der Waals surface area contributed by atoms with Crippen molar-refractivity contribution in [1.82, 2.24) is 0 Å². The van der Waals surface area contributed by atoms with Crippen LogP contribution in [-0.4, -0.2) is 12.6 Å². The number of anilines is 1. The standard InChI is InChI=1S/C16H26N2/c1-12-6-8-14(9-7-12)16(11-17)18-15-5-3-4-13(2)10-15/h3-5,10,12,14,16,18H,6-9,11,17H2,1-2H3. The van der Waals surface area contributed by atoms with Gasteiger partial charge in [0.25, 0.3) is 0 Å². The maximum atomic E-state index is 5.96. The normalized spacial score (nSPS) is 25.7. The minimum atomic E-state index is 0.430. The van der Waals surface area contributed by atoms with E-state index in [1.807, 2.05) is 0 Å². The highest BCUT2D eigenvalue weighted by Crippen LogP contribution is 2.31. The van der Waals surface area contributed by atoms with Gasteiger partial charge < -0.3 is 11.1 Å². The second-order valence-corrected chi connectivity index (χ2v) is 5.88. The van der Waals surface area contributed by atoms with E-state index in [2.05, 4.69) is 43.4 Å². The lowest BCUT2D eigenvalue weighted by atomic mass is 9.79. The third-order valence-corrected chi connectivity index (χ3v) is 4.25. The molecule has 1 unspecified atom stereocenters. The number of rotatable bonds is 4. The smallest absolute Gasteiger partial charge is 0.0411 e. The summed E-state index contributed by atoms with van der Waals surface area (Å²) in [5.74, 6) is 1.64. The van der Waals surface area contributed by atoms with Crippen molar-refractivity contribution in [3.8, 4) is 0 Å². The van der Waals surface area contributed by atoms with Gasteiger partial charge in [-0.25, -0.2) is 0 Å². The summed E-state index contributed by atoms with van der Waals surface area (Å²) in [6.07, 6.45) is 5.36. The third kappa shape index (κ3) is 3.49. The van der Waals surface area contributed by atoms with Crippen LogP contribution in [0.15, 0.2) is 24.3 Å². The van der Waals surface area contributed by atoms with Crippen molar-refractivity contribution in [3.63, 3.8) is 0 Å². The van der Waals surface area contributed by atoms with Crippen LogP contribution >= 0.6 is 0 Å². The quantitative estimate of drug-likeness (QED) is 0.852. The Kier molecular flexibility index (Phi) is 4.65. The van der Waals surface area contributed by atoms with Crippen LogP contribution in [0.4, 0.5) is 5.69 Å². The molecule has 0 heterocycles. The number of hydrogen-bond acceptors (Lipinski definition) is 2. The number of nitrogens with one attached hydrogen (secondary N) is 1. The summed E-state index contributed by atoms with van der Waals surface area (Å²) in [5.41, 5.74) is 8.47. The molecule has 18 heavy (non-hydrogen) atoms. The van der Waals surface area contributed by atoms with Gasteiger partial charge in [-0.3, -0.25) is 0 Å². The van der Waals surface area contributed by atoms with Crippen LogP contribution in [0.3, 0.4) is 0 Å². The van der Waals surface area contributed by atoms with Crippen LogP contribution in [0.5, 0.6) is 0 Å². The topological polar surface area (TPSA) is 38.0 Å². The van der Waals surface area contributed by atoms with Crippen molar-refractivity contribution >= 4 is 5.69 Å². The fourth-order valence-corrected chi connectivity index (χ4v) is 3.01. The Bertz CT molecular complexity index is 367. The van der Waals surface area contributed by atoms with E-state index in [9.17, 15) is 0 Å². The second kappa shape index (κ2) is 6.24. The SMILES string of the molecule is Cc1cccc(NC(CN)C2CCC(C)CC2)c1. The van der Waals surface area contributed by atoms with Gasteiger partial charge in [0.05, 0.1) is 0 Å². The second-order valence-electron chi connectivity index (χ2n) is 5.88. The van der Waals surface area contributed by atoms with Crippen molar-refractivity contribution in [2.45, 2.75) is 45.6 Å². The Morgan fingerprint density at radius 1 is 1.28 bits per heavy atom. The summed E-state index contributed by atoms with van der Waals surface area (Å²) in [6, 6.07) is 9.01. The van der Waals surface area contributed by atoms with Crippen LogP contribution in [0.2, 0.25) is 0 Å². The van der Waals surface area contributed by atoms with Gasteiger partial charge in [0.15, 0.2) is 0 Å². The average molecular weight is 246 g/mol. The number of nitrogens with two attached hydrogens (primary N) is 1. The first-order chi connectivity index (χ1) is 8.69. The summed E-state index contributed by atoms with van der Waals surface area (Å²) < 4.78 is 0. The van der Waals surface area contributed by atoms with Gasteiger partial charge in [-0.1, -0.05) is 31.9 Å². The van der Waals surface area contributed by atoms with Crippen LogP contribution in [0.25, 0.3) is 0 Å². The zero-order valence-electron chi connectivity index (χ0n) is 11.7. The van der Waals surface area contributed by atoms with E-state index >= 15 is 0 Å². The molecule has 0 saturated heterocycles. The molecule has 0 aliphatic heterocycles. The number of hydrogen-bond donors (Lipinski definition) is 2. The Balaban J connectivity index is 1.96. The molecule has 2 rings (SSSR count). The third-order valence-electron chi connectivity index (χ3n) is 4.25. The highest BCUT2D eigenvalue weighted by molar-refractivity contribution is 5.46. The number of benzene rings is 1. The maximum Gasteiger partial charge on any atom is 0.0411 e. The molecule has 2 heteroatoms. The van der Waals surface area contributed by atoms with E-state index < -0.39 is 0 Å². The summed E-state index contributed by atoms with van der Waals surface area (Å²) >= 11 is 0. The zero-order valence-corrected chi connectivity index (χ0v) is 11.7. The van der Waals surface area contributed by atoms with Gasteiger partial charge in [-0.05, 0) is 49.3 Å². The van der Waals surface area contributed by atoms with E-state index in [4.69, 9.17) is 5.73 Å². The van der Waals surface area contributed by atoms with E-state index in [-0.39, 0.29) is 0 Å². The van der Waals surface area contributed by atoms with E-state index in [0.29, 0.717) is 6.04 Å². The summed E-state index contributed by atoms with van der Waals surface area (Å²) in [5, 5.41) is 3.63. The average Bonchev–Trinajstić information content (AvgIpc) is 2.37. The molecule has 1 atom stereocenters. The summed E-state index contributed by atoms with van der Waals surface area (Å²) in [4.78, 5) is 0. The molecular formula is C16H26N2. The largest absolute Gasteiger partial charge is 0.381 e. The van der Waals surface area contributed by atoms with E-state index in [1.165, 1.54) is 36.9 Å². The zero-order chi connectivity index (χ0) is 13.0. The molecule has 1 aliphatic carbocycles. The Labute approximate surface area is 111 Å². The highest BCUT2D eigenvalue weighted by Gasteiger charge is 2.25. The van der Waals surface area contributed by atoms with Crippen LogP contribution in [0.1, 0.15) is 38.2 Å². The molecule has 1 saturated carbocycles. The molecule has 0 spiro atoms. The van der Waals surface area contributed by atoms with Crippen molar-refractivity contribution < 1.29 is 0 Å². The minimum Gasteiger partial charge on any atom is -0.381 e. The van der Waals surface area contributed by atoms with E-state index in [1.54, 1.807) is 0 Å². The highest BCUT2D eigenvalue weighted by atomic mass is 14.9. The van der Waals surface area contributed by atoms with Crippen LogP contribution in [-0.2, 0) is 0 Å². The molecule has 0 amide bonds. The maximum absolute atomic E-state index is 5.96. The minimum absolute atomic E-state index is 0.430. The molecule has 100 valence electrons. The Morgan fingerprint density at radius 2 is 2.00 bits per heavy atom. The van der Waals surface area contributed by atoms with Crippen LogP contribution < -0.4 is 11.1 Å². The van der Waals surface area contributed by atoms with Crippen LogP contribution in [0, 0.1) is 18.8 Å². The van der Waals surface area contributed by atoms with Gasteiger partial charge in [-0.2, -0.15) is 0 Å². The van der Waals surface area contributed by atoms with Gasteiger partial charge in [0.2, 0.25) is 0 Å². The summed E-state index contributed by atoms with van der Waals surface area (Å²) in [7, 11) is 0. The van der Waals surface area contributed by atoms with E-state index in [0.717, 1.165) is 18.4 Å². The van der Waals surface area contributed by atoms with Gasteiger partial charge in [-0.15, -0.1) is 0 Å². The Morgan fingerprint density at radius 3 is 2.61 bits per heavy atom. The Hall–Kier alpha value is -1.02. The predicted molar refractivity (Wildman–Crippen MR) is 78.8 cm³/mol. The molecule has 0 radical (unpaired) electrons. The lowest BCUT2D eigenvalue weighted by Crippen LogP contribution is -2.38. The molecule has 2 nitrogen and oxygen atoms in total. The lowest BCUT2D eigenvalue weighted by molar-refractivity contribution is 0.265. The van der Waals surface area contributed by atoms with Gasteiger partial charge in [0.1, 0.15) is 0 Å². The predicted octanol–water partition coefficient (Wildman–Crippen LogP) is 3.56. The van der Waals surface area contributed by atoms with Crippen molar-refractivity contribution in [1.29, 1.82) is 0 Å². The lowest BCUT2D eigenvalue weighted by Gasteiger charge is -2.33. The first-order valence-electron chi connectivity index (χ1n) is 7.22. The fraction of sp³-hybridized carbons (Fsp3) is 0.625. The van der Waals surface area contributed by atoms with Crippen molar-refractivity contribution in [2.75, 3.05) is 11.9 Å². The first-order valence-corrected chi connectivity index (χ1v) is 7.22. The molecule has 0 aromatic heterocycles. The molecule has 0 bridgehead atoms. The fourth-order valence-electron chi connectivity index (χ4n) is 3.01. The molecular weight excluding hydrogens is 220 g/mol. The number of aryl methyl sites for hydroxylation is 1. The molecule has 1 fully saturated rings. The molecule has 1 aromatic carbocycles.